The zero-order valence-electron chi connectivity index (χ0n) is 15.4. The lowest BCUT2D eigenvalue weighted by atomic mass is 9.78. The topological polar surface area (TPSA) is 70.3 Å². The number of carboxylic acid groups (broad SMARTS) is 1. The third kappa shape index (κ3) is 3.26. The summed E-state index contributed by atoms with van der Waals surface area (Å²) in [5, 5.41) is 20.0. The van der Waals surface area contributed by atoms with Crippen molar-refractivity contribution in [3.63, 3.8) is 0 Å². The summed E-state index contributed by atoms with van der Waals surface area (Å²) >= 11 is 11.6. The predicted octanol–water partition coefficient (Wildman–Crippen LogP) is 6.13. The monoisotopic (exact) mass is 415 g/mol. The average Bonchev–Trinajstić information content (AvgIpc) is 3.12. The van der Waals surface area contributed by atoms with Crippen LogP contribution in [0.4, 0.5) is 0 Å². The molecular formula is C22H19Cl2NO3. The highest BCUT2D eigenvalue weighted by Gasteiger charge is 2.78. The van der Waals surface area contributed by atoms with Crippen molar-refractivity contribution in [1.82, 2.24) is 0 Å². The van der Waals surface area contributed by atoms with E-state index in [0.29, 0.717) is 17.1 Å². The molecule has 0 aliphatic heterocycles. The van der Waals surface area contributed by atoms with E-state index < -0.39 is 28.6 Å². The molecule has 28 heavy (non-hydrogen) atoms. The maximum Gasteiger partial charge on any atom is 0.312 e. The minimum atomic E-state index is -1.33. The van der Waals surface area contributed by atoms with Crippen LogP contribution < -0.4 is 4.74 Å². The van der Waals surface area contributed by atoms with Gasteiger partial charge in [0.15, 0.2) is 0 Å². The minimum absolute atomic E-state index is 0.000878. The van der Waals surface area contributed by atoms with Crippen LogP contribution in [0.2, 0.25) is 0 Å². The Morgan fingerprint density at radius 1 is 1.18 bits per heavy atom. The number of ether oxygens (including phenoxy) is 1. The van der Waals surface area contributed by atoms with Crippen molar-refractivity contribution in [3.05, 3.63) is 70.7 Å². The number of para-hydroxylation sites is 1. The Labute approximate surface area is 174 Å². The molecular weight excluding hydrogens is 397 g/mol. The van der Waals surface area contributed by atoms with Crippen LogP contribution in [0.5, 0.6) is 11.5 Å². The van der Waals surface area contributed by atoms with E-state index in [1.807, 2.05) is 44.2 Å². The molecule has 2 aromatic rings. The summed E-state index contributed by atoms with van der Waals surface area (Å²) < 4.78 is 5.84. The first-order valence-electron chi connectivity index (χ1n) is 8.73. The highest BCUT2D eigenvalue weighted by Crippen LogP contribution is 2.75. The molecule has 144 valence electrons. The Hall–Kier alpha value is -2.48. The molecule has 1 aliphatic rings. The van der Waals surface area contributed by atoms with Crippen molar-refractivity contribution in [1.29, 1.82) is 5.26 Å². The first-order valence-corrected chi connectivity index (χ1v) is 9.49. The largest absolute Gasteiger partial charge is 0.481 e. The number of nitrogens with zero attached hydrogens (tertiary/aromatic N) is 1. The van der Waals surface area contributed by atoms with Crippen LogP contribution in [-0.4, -0.2) is 11.1 Å². The third-order valence-electron chi connectivity index (χ3n) is 5.65. The Morgan fingerprint density at radius 3 is 2.39 bits per heavy atom. The van der Waals surface area contributed by atoms with Gasteiger partial charge in [-0.2, -0.15) is 5.26 Å². The zero-order chi connectivity index (χ0) is 20.5. The molecule has 4 nitrogen and oxygen atoms in total. The van der Waals surface area contributed by atoms with Gasteiger partial charge in [0.25, 0.3) is 0 Å². The SMILES string of the molecule is CC1(C)C(C=C(Cl)Cl)[C@@]1(C(=O)O)[C@@H](C#N)c1cccc(Oc2ccccc2)c1. The van der Waals surface area contributed by atoms with E-state index in [1.54, 1.807) is 24.3 Å². The van der Waals surface area contributed by atoms with Crippen molar-refractivity contribution in [2.24, 2.45) is 16.7 Å². The number of benzene rings is 2. The van der Waals surface area contributed by atoms with Gasteiger partial charge in [0, 0.05) is 5.92 Å². The van der Waals surface area contributed by atoms with Crippen LogP contribution in [0.25, 0.3) is 0 Å². The van der Waals surface area contributed by atoms with E-state index >= 15 is 0 Å². The molecule has 1 saturated carbocycles. The molecule has 0 heterocycles. The van der Waals surface area contributed by atoms with Gasteiger partial charge >= 0.3 is 5.97 Å². The van der Waals surface area contributed by atoms with Crippen molar-refractivity contribution < 1.29 is 14.6 Å². The van der Waals surface area contributed by atoms with Crippen LogP contribution in [0, 0.1) is 28.1 Å². The summed E-state index contributed by atoms with van der Waals surface area (Å²) in [6, 6.07) is 18.4. The molecule has 1 aliphatic carbocycles. The molecule has 0 aromatic heterocycles. The van der Waals surface area contributed by atoms with Gasteiger partial charge in [-0.05, 0) is 41.3 Å². The summed E-state index contributed by atoms with van der Waals surface area (Å²) in [4.78, 5) is 12.3. The molecule has 1 fully saturated rings. The maximum atomic E-state index is 12.3. The van der Waals surface area contributed by atoms with E-state index in [-0.39, 0.29) is 4.49 Å². The number of rotatable bonds is 6. The van der Waals surface area contributed by atoms with Crippen molar-refractivity contribution in [2.75, 3.05) is 0 Å². The maximum absolute atomic E-state index is 12.3. The van der Waals surface area contributed by atoms with Crippen LogP contribution in [0.1, 0.15) is 25.3 Å². The van der Waals surface area contributed by atoms with Gasteiger partial charge in [-0.1, -0.05) is 67.4 Å². The van der Waals surface area contributed by atoms with Gasteiger partial charge in [0.05, 0.1) is 12.0 Å². The summed E-state index contributed by atoms with van der Waals surface area (Å²) in [5.74, 6) is -1.22. The third-order valence-corrected chi connectivity index (χ3v) is 5.90. The number of allylic oxidation sites excluding steroid dienone is 1. The van der Waals surface area contributed by atoms with Crippen molar-refractivity contribution in [3.8, 4) is 17.6 Å². The number of carbonyl (C=O) groups is 1. The van der Waals surface area contributed by atoms with Gasteiger partial charge in [0.1, 0.15) is 21.4 Å². The van der Waals surface area contributed by atoms with Crippen LogP contribution in [-0.2, 0) is 4.79 Å². The second-order valence-electron chi connectivity index (χ2n) is 7.38. The molecule has 2 aromatic carbocycles. The number of aliphatic carboxylic acids is 1. The fourth-order valence-corrected chi connectivity index (χ4v) is 4.46. The number of carboxylic acids is 1. The molecule has 3 rings (SSSR count). The molecule has 0 bridgehead atoms. The smallest absolute Gasteiger partial charge is 0.312 e. The number of nitriles is 1. The quantitative estimate of drug-likeness (QED) is 0.615. The summed E-state index contributed by atoms with van der Waals surface area (Å²) in [6.07, 6.45) is 1.52. The summed E-state index contributed by atoms with van der Waals surface area (Å²) in [5.41, 5.74) is -1.44. The lowest BCUT2D eigenvalue weighted by molar-refractivity contribution is -0.145. The van der Waals surface area contributed by atoms with E-state index in [0.717, 1.165) is 0 Å². The standard InChI is InChI=1S/C22H19Cl2NO3/c1-21(2)18(12-19(23)24)22(21,20(26)27)17(13-25)14-7-6-10-16(11-14)28-15-8-4-3-5-9-15/h3-12,17-18H,1-2H3,(H,26,27)/t17-,18?,22+/m0/s1. The molecule has 6 heteroatoms. The molecule has 0 saturated heterocycles. The average molecular weight is 416 g/mol. The molecule has 0 amide bonds. The van der Waals surface area contributed by atoms with E-state index in [1.165, 1.54) is 6.08 Å². The molecule has 0 spiro atoms. The number of hydrogen-bond donors (Lipinski definition) is 1. The summed E-state index contributed by atoms with van der Waals surface area (Å²) in [7, 11) is 0. The van der Waals surface area contributed by atoms with Crippen LogP contribution in [0.15, 0.2) is 65.2 Å². The molecule has 1 unspecified atom stereocenters. The van der Waals surface area contributed by atoms with E-state index in [9.17, 15) is 15.2 Å². The van der Waals surface area contributed by atoms with Gasteiger partial charge in [-0.15, -0.1) is 0 Å². The summed E-state index contributed by atoms with van der Waals surface area (Å²) in [6.45, 7) is 3.63. The van der Waals surface area contributed by atoms with Gasteiger partial charge in [0.2, 0.25) is 0 Å². The van der Waals surface area contributed by atoms with Gasteiger partial charge < -0.3 is 9.84 Å². The van der Waals surface area contributed by atoms with Gasteiger partial charge in [-0.3, -0.25) is 4.79 Å². The Bertz CT molecular complexity index is 961. The second-order valence-corrected chi connectivity index (χ2v) is 8.39. The predicted molar refractivity (Wildman–Crippen MR) is 108 cm³/mol. The van der Waals surface area contributed by atoms with E-state index in [4.69, 9.17) is 27.9 Å². The van der Waals surface area contributed by atoms with Gasteiger partial charge in [-0.25, -0.2) is 0 Å². The lowest BCUT2D eigenvalue weighted by Crippen LogP contribution is -2.28. The van der Waals surface area contributed by atoms with Crippen LogP contribution >= 0.6 is 23.2 Å². The Morgan fingerprint density at radius 2 is 1.82 bits per heavy atom. The van der Waals surface area contributed by atoms with Crippen molar-refractivity contribution in [2.45, 2.75) is 19.8 Å². The molecule has 1 N–H and O–H groups in total. The fraction of sp³-hybridized carbons (Fsp3) is 0.273. The number of hydrogen-bond acceptors (Lipinski definition) is 3. The Kier molecular flexibility index (Phi) is 5.43. The van der Waals surface area contributed by atoms with Crippen LogP contribution in [0.3, 0.4) is 0 Å². The first kappa shape index (κ1) is 20.3. The minimum Gasteiger partial charge on any atom is -0.481 e. The van der Waals surface area contributed by atoms with Crippen molar-refractivity contribution >= 4 is 29.2 Å². The Balaban J connectivity index is 2.01. The molecule has 0 radical (unpaired) electrons. The first-order chi connectivity index (χ1) is 13.2. The highest BCUT2D eigenvalue weighted by atomic mass is 35.5. The normalized spacial score (nSPS) is 23.2. The fourth-order valence-electron chi connectivity index (χ4n) is 4.21. The second kappa shape index (κ2) is 7.50. The van der Waals surface area contributed by atoms with E-state index in [2.05, 4.69) is 6.07 Å². The number of halogens is 2. The highest BCUT2D eigenvalue weighted by molar-refractivity contribution is 6.55. The lowest BCUT2D eigenvalue weighted by Gasteiger charge is -2.22. The molecule has 3 atom stereocenters. The zero-order valence-corrected chi connectivity index (χ0v) is 16.9.